The largest absolute Gasteiger partial charge is 0.418 e. The topological polar surface area (TPSA) is 84.7 Å². The van der Waals surface area contributed by atoms with Crippen LogP contribution in [0.15, 0.2) is 53.1 Å². The molecule has 0 spiro atoms. The van der Waals surface area contributed by atoms with Crippen LogP contribution in [0.5, 0.6) is 0 Å². The molecule has 0 aliphatic carbocycles. The van der Waals surface area contributed by atoms with E-state index in [4.69, 9.17) is 20.9 Å². The molecule has 0 atom stereocenters. The summed E-state index contributed by atoms with van der Waals surface area (Å²) < 4.78 is 50.0. The fourth-order valence-corrected chi connectivity index (χ4v) is 3.50. The molecule has 1 aromatic heterocycles. The Bertz CT molecular complexity index is 1180. The van der Waals surface area contributed by atoms with E-state index in [0.29, 0.717) is 10.6 Å². The molecule has 1 heterocycles. The van der Waals surface area contributed by atoms with Gasteiger partial charge in [-0.2, -0.15) is 13.2 Å². The highest BCUT2D eigenvalue weighted by Gasteiger charge is 2.34. The van der Waals surface area contributed by atoms with Gasteiger partial charge in [-0.1, -0.05) is 47.1 Å². The lowest BCUT2D eigenvalue weighted by molar-refractivity contribution is -0.137. The number of alkyl halides is 3. The average Bonchev–Trinajstić information content (AvgIpc) is 3.17. The summed E-state index contributed by atoms with van der Waals surface area (Å²) in [6.07, 6.45) is -4.65. The molecular formula is C23H21ClF3N3O4. The molecule has 3 aromatic rings. The number of carbonyl (C=O) groups is 2. The summed E-state index contributed by atoms with van der Waals surface area (Å²) in [5, 5.41) is 6.54. The van der Waals surface area contributed by atoms with Crippen LogP contribution in [-0.2, 0) is 15.7 Å². The van der Waals surface area contributed by atoms with E-state index in [1.165, 1.54) is 26.2 Å². The Morgan fingerprint density at radius 3 is 2.50 bits per heavy atom. The molecule has 0 saturated carbocycles. The van der Waals surface area contributed by atoms with Crippen molar-refractivity contribution in [2.24, 2.45) is 0 Å². The first kappa shape index (κ1) is 25.3. The molecule has 3 rings (SSSR count). The van der Waals surface area contributed by atoms with Gasteiger partial charge in [0.25, 0.3) is 5.91 Å². The van der Waals surface area contributed by atoms with Crippen molar-refractivity contribution >= 4 is 29.1 Å². The van der Waals surface area contributed by atoms with Gasteiger partial charge in [0.05, 0.1) is 22.9 Å². The second kappa shape index (κ2) is 10.7. The van der Waals surface area contributed by atoms with E-state index in [0.717, 1.165) is 17.0 Å². The van der Waals surface area contributed by atoms with Crippen molar-refractivity contribution in [3.8, 4) is 11.3 Å². The molecule has 11 heteroatoms. The number of aromatic nitrogens is 1. The van der Waals surface area contributed by atoms with Crippen LogP contribution >= 0.6 is 11.6 Å². The fourth-order valence-electron chi connectivity index (χ4n) is 3.28. The number of aryl methyl sites for hydroxylation is 1. The molecule has 0 unspecified atom stereocenters. The molecule has 0 radical (unpaired) electrons. The maximum atomic E-state index is 13.4. The smallest absolute Gasteiger partial charge is 0.383 e. The van der Waals surface area contributed by atoms with E-state index < -0.39 is 35.8 Å². The van der Waals surface area contributed by atoms with Gasteiger partial charge in [0, 0.05) is 19.2 Å². The summed E-state index contributed by atoms with van der Waals surface area (Å²) in [6.45, 7) is 1.09. The maximum absolute atomic E-state index is 13.4. The van der Waals surface area contributed by atoms with Gasteiger partial charge >= 0.3 is 6.18 Å². The van der Waals surface area contributed by atoms with Crippen molar-refractivity contribution in [1.82, 2.24) is 10.1 Å². The second-order valence-corrected chi connectivity index (χ2v) is 7.66. The number of anilines is 1. The van der Waals surface area contributed by atoms with Crippen LogP contribution in [-0.4, -0.2) is 48.7 Å². The van der Waals surface area contributed by atoms with Gasteiger partial charge in [0.2, 0.25) is 5.91 Å². The fraction of sp³-hybridized carbons (Fsp3) is 0.261. The molecule has 0 aliphatic heterocycles. The zero-order valence-electron chi connectivity index (χ0n) is 18.3. The highest BCUT2D eigenvalue weighted by Crippen LogP contribution is 2.35. The number of hydrogen-bond acceptors (Lipinski definition) is 5. The maximum Gasteiger partial charge on any atom is 0.418 e. The number of nitrogens with one attached hydrogen (secondary N) is 1. The normalized spacial score (nSPS) is 11.4. The van der Waals surface area contributed by atoms with Gasteiger partial charge in [-0.15, -0.1) is 0 Å². The molecule has 2 amide bonds. The first-order valence-corrected chi connectivity index (χ1v) is 10.5. The second-order valence-electron chi connectivity index (χ2n) is 7.25. The number of amides is 2. The third-order valence-corrected chi connectivity index (χ3v) is 5.23. The third kappa shape index (κ3) is 5.75. The third-order valence-electron chi connectivity index (χ3n) is 4.90. The lowest BCUT2D eigenvalue weighted by atomic mass is 10.0. The molecule has 0 bridgehead atoms. The van der Waals surface area contributed by atoms with Crippen LogP contribution in [0.1, 0.15) is 21.7 Å². The summed E-state index contributed by atoms with van der Waals surface area (Å²) in [6, 6.07) is 11.3. The standard InChI is InChI=1S/C23H21ClF3N3O4/c1-14-20(21(29-34-14)15-7-3-5-9-17(15)24)22(32)30(11-12-33-2)13-19(31)28-18-10-6-4-8-16(18)23(25,26)27/h3-10H,11-13H2,1-2H3,(H,28,31). The van der Waals surface area contributed by atoms with E-state index in [1.54, 1.807) is 24.3 Å². The van der Waals surface area contributed by atoms with E-state index in [1.807, 2.05) is 0 Å². The van der Waals surface area contributed by atoms with E-state index in [2.05, 4.69) is 10.5 Å². The quantitative estimate of drug-likeness (QED) is 0.473. The number of rotatable bonds is 8. The molecule has 0 aliphatic rings. The number of carbonyl (C=O) groups excluding carboxylic acids is 2. The van der Waals surface area contributed by atoms with Crippen LogP contribution < -0.4 is 5.32 Å². The van der Waals surface area contributed by atoms with E-state index in [9.17, 15) is 22.8 Å². The molecule has 0 fully saturated rings. The Morgan fingerprint density at radius 2 is 1.82 bits per heavy atom. The van der Waals surface area contributed by atoms with Crippen molar-refractivity contribution < 1.29 is 32.0 Å². The minimum absolute atomic E-state index is 0.00372. The number of benzene rings is 2. The summed E-state index contributed by atoms with van der Waals surface area (Å²) in [7, 11) is 1.42. The Balaban J connectivity index is 1.88. The molecule has 34 heavy (non-hydrogen) atoms. The number of halogens is 4. The summed E-state index contributed by atoms with van der Waals surface area (Å²) >= 11 is 6.25. The van der Waals surface area contributed by atoms with Gasteiger partial charge < -0.3 is 19.5 Å². The minimum atomic E-state index is -4.65. The predicted molar refractivity (Wildman–Crippen MR) is 120 cm³/mol. The molecule has 2 aromatic carbocycles. The summed E-state index contributed by atoms with van der Waals surface area (Å²) in [5.41, 5.74) is -0.656. The van der Waals surface area contributed by atoms with E-state index >= 15 is 0 Å². The van der Waals surface area contributed by atoms with Crippen LogP contribution in [0.25, 0.3) is 11.3 Å². The predicted octanol–water partition coefficient (Wildman–Crippen LogP) is 5.05. The number of hydrogen-bond donors (Lipinski definition) is 1. The first-order valence-electron chi connectivity index (χ1n) is 10.1. The van der Waals surface area contributed by atoms with Crippen molar-refractivity contribution in [2.45, 2.75) is 13.1 Å². The Kier molecular flexibility index (Phi) is 7.95. The lowest BCUT2D eigenvalue weighted by Crippen LogP contribution is -2.40. The highest BCUT2D eigenvalue weighted by atomic mass is 35.5. The van der Waals surface area contributed by atoms with Crippen molar-refractivity contribution in [3.05, 3.63) is 70.4 Å². The Labute approximate surface area is 198 Å². The van der Waals surface area contributed by atoms with Crippen molar-refractivity contribution in [2.75, 3.05) is 32.1 Å². The lowest BCUT2D eigenvalue weighted by Gasteiger charge is -2.22. The highest BCUT2D eigenvalue weighted by molar-refractivity contribution is 6.33. The van der Waals surface area contributed by atoms with Crippen molar-refractivity contribution in [3.63, 3.8) is 0 Å². The van der Waals surface area contributed by atoms with Crippen LogP contribution in [0.2, 0.25) is 5.02 Å². The average molecular weight is 496 g/mol. The van der Waals surface area contributed by atoms with Gasteiger partial charge in [-0.25, -0.2) is 0 Å². The molecule has 180 valence electrons. The van der Waals surface area contributed by atoms with Gasteiger partial charge in [0.1, 0.15) is 23.6 Å². The van der Waals surface area contributed by atoms with Crippen molar-refractivity contribution in [1.29, 1.82) is 0 Å². The first-order chi connectivity index (χ1) is 16.1. The van der Waals surface area contributed by atoms with Crippen LogP contribution in [0.3, 0.4) is 0 Å². The zero-order valence-corrected chi connectivity index (χ0v) is 19.0. The minimum Gasteiger partial charge on any atom is -0.383 e. The number of ether oxygens (including phenoxy) is 1. The van der Waals surface area contributed by atoms with Crippen LogP contribution in [0, 0.1) is 6.92 Å². The van der Waals surface area contributed by atoms with E-state index in [-0.39, 0.29) is 30.2 Å². The Hall–Kier alpha value is -3.37. The monoisotopic (exact) mass is 495 g/mol. The molecule has 7 nitrogen and oxygen atoms in total. The SMILES string of the molecule is COCCN(CC(=O)Nc1ccccc1C(F)(F)F)C(=O)c1c(-c2ccccc2Cl)noc1C. The summed E-state index contributed by atoms with van der Waals surface area (Å²) in [4.78, 5) is 27.2. The number of nitrogens with zero attached hydrogens (tertiary/aromatic N) is 2. The Morgan fingerprint density at radius 1 is 1.15 bits per heavy atom. The van der Waals surface area contributed by atoms with Gasteiger partial charge in [0.15, 0.2) is 0 Å². The number of methoxy groups -OCH3 is 1. The van der Waals surface area contributed by atoms with Crippen LogP contribution in [0.4, 0.5) is 18.9 Å². The van der Waals surface area contributed by atoms with Gasteiger partial charge in [-0.05, 0) is 25.1 Å². The molecule has 0 saturated heterocycles. The van der Waals surface area contributed by atoms with Gasteiger partial charge in [-0.3, -0.25) is 9.59 Å². The summed E-state index contributed by atoms with van der Waals surface area (Å²) in [5.74, 6) is -1.22. The zero-order chi connectivity index (χ0) is 24.9. The number of para-hydroxylation sites is 1. The molecule has 1 N–H and O–H groups in total. The molecular weight excluding hydrogens is 475 g/mol.